The minimum absolute atomic E-state index is 0.0658. The van der Waals surface area contributed by atoms with Gasteiger partial charge in [0.2, 0.25) is 0 Å². The first-order valence-corrected chi connectivity index (χ1v) is 12.4. The second-order valence-corrected chi connectivity index (χ2v) is 9.41. The van der Waals surface area contributed by atoms with Crippen LogP contribution in [0.2, 0.25) is 0 Å². The van der Waals surface area contributed by atoms with Crippen LogP contribution in [0.25, 0.3) is 5.76 Å². The van der Waals surface area contributed by atoms with Gasteiger partial charge in [0.25, 0.3) is 11.7 Å². The number of methoxy groups -OCH3 is 1. The molecule has 0 radical (unpaired) electrons. The summed E-state index contributed by atoms with van der Waals surface area (Å²) in [7, 11) is 1.41. The number of ether oxygens (including phenoxy) is 3. The van der Waals surface area contributed by atoms with E-state index < -0.39 is 17.7 Å². The van der Waals surface area contributed by atoms with Crippen molar-refractivity contribution in [3.63, 3.8) is 0 Å². The molecule has 2 aliphatic rings. The number of benzene rings is 2. The number of fused-ring (bicyclic) bond motifs is 1. The number of aliphatic hydroxyl groups excluding tert-OH is 1. The van der Waals surface area contributed by atoms with Crippen molar-refractivity contribution in [2.24, 2.45) is 0 Å². The van der Waals surface area contributed by atoms with E-state index in [2.05, 4.69) is 20.9 Å². The summed E-state index contributed by atoms with van der Waals surface area (Å²) in [5.74, 6) is -0.841. The quantitative estimate of drug-likeness (QED) is 0.251. The maximum absolute atomic E-state index is 13.3. The third-order valence-electron chi connectivity index (χ3n) is 6.32. The first kappa shape index (κ1) is 24.7. The normalized spacial score (nSPS) is 18.3. The van der Waals surface area contributed by atoms with Crippen molar-refractivity contribution in [1.82, 2.24) is 14.5 Å². The molecule has 37 heavy (non-hydrogen) atoms. The number of ketones is 1. The lowest BCUT2D eigenvalue weighted by Crippen LogP contribution is -2.31. The van der Waals surface area contributed by atoms with Gasteiger partial charge in [-0.1, -0.05) is 0 Å². The number of aliphatic hydroxyl groups is 1. The summed E-state index contributed by atoms with van der Waals surface area (Å²) in [4.78, 5) is 32.0. The molecular formula is C26H24BrN3O7. The van der Waals surface area contributed by atoms with Gasteiger partial charge >= 0.3 is 0 Å². The molecule has 2 aromatic carbocycles. The van der Waals surface area contributed by atoms with Crippen LogP contribution in [0.3, 0.4) is 0 Å². The number of aryl methyl sites for hydroxylation is 1. The minimum Gasteiger partial charge on any atom is -0.507 e. The van der Waals surface area contributed by atoms with Crippen molar-refractivity contribution < 1.29 is 34.0 Å². The van der Waals surface area contributed by atoms with Crippen LogP contribution >= 0.6 is 15.9 Å². The van der Waals surface area contributed by atoms with Crippen molar-refractivity contribution in [1.29, 1.82) is 0 Å². The molecular weight excluding hydrogens is 546 g/mol. The highest BCUT2D eigenvalue weighted by atomic mass is 79.9. The Morgan fingerprint density at radius 3 is 2.68 bits per heavy atom. The zero-order valence-corrected chi connectivity index (χ0v) is 21.5. The summed E-state index contributed by atoms with van der Waals surface area (Å²) >= 11 is 3.32. The summed E-state index contributed by atoms with van der Waals surface area (Å²) in [6.07, 6.45) is 5.70. The number of likely N-dealkylation sites (tertiary alicyclic amines) is 1. The van der Waals surface area contributed by atoms with Crippen LogP contribution < -0.4 is 14.2 Å². The third-order valence-corrected chi connectivity index (χ3v) is 6.92. The molecule has 2 N–H and O–H groups in total. The average molecular weight is 570 g/mol. The number of aromatic hydroxyl groups is 1. The highest BCUT2D eigenvalue weighted by Crippen LogP contribution is 2.45. The molecule has 1 saturated heterocycles. The van der Waals surface area contributed by atoms with Gasteiger partial charge in [-0.15, -0.1) is 0 Å². The summed E-state index contributed by atoms with van der Waals surface area (Å²) in [5, 5.41) is 21.7. The number of nitrogens with zero attached hydrogens (tertiary/aromatic N) is 3. The van der Waals surface area contributed by atoms with E-state index in [9.17, 15) is 19.8 Å². The van der Waals surface area contributed by atoms with Crippen LogP contribution in [0.4, 0.5) is 0 Å². The topological polar surface area (TPSA) is 123 Å². The van der Waals surface area contributed by atoms with Crippen LogP contribution in [0.5, 0.6) is 23.0 Å². The van der Waals surface area contributed by atoms with Gasteiger partial charge in [-0.2, -0.15) is 0 Å². The molecule has 192 valence electrons. The standard InChI is InChI=1S/C26H24BrN3O7/c1-35-20-13-16(11-17(27)24(20)32)22-21(23(31)15-3-4-18-19(12-15)37-10-9-36-18)25(33)26(34)30(22)7-2-6-29-8-5-28-14-29/h3-5,8,11-14,22,31-32H,2,6-7,9-10H2,1H3/b23-21+. The first-order chi connectivity index (χ1) is 17.9. The van der Waals surface area contributed by atoms with Gasteiger partial charge in [-0.3, -0.25) is 9.59 Å². The minimum atomic E-state index is -0.915. The molecule has 10 nitrogen and oxygen atoms in total. The number of rotatable bonds is 7. The second-order valence-electron chi connectivity index (χ2n) is 8.56. The molecule has 11 heteroatoms. The van der Waals surface area contributed by atoms with Gasteiger partial charge in [0.1, 0.15) is 19.0 Å². The Morgan fingerprint density at radius 2 is 1.95 bits per heavy atom. The Kier molecular flexibility index (Phi) is 6.79. The van der Waals surface area contributed by atoms with Gasteiger partial charge in [-0.25, -0.2) is 4.98 Å². The Bertz CT molecular complexity index is 1390. The fourth-order valence-electron chi connectivity index (χ4n) is 4.55. The zero-order chi connectivity index (χ0) is 26.1. The van der Waals surface area contributed by atoms with Gasteiger partial charge in [-0.05, 0) is 58.2 Å². The molecule has 2 aliphatic heterocycles. The SMILES string of the molecule is COc1cc(C2/C(=C(\O)c3ccc4c(c3)OCCO4)C(=O)C(=O)N2CCCn2ccnc2)cc(Br)c1O. The van der Waals surface area contributed by atoms with E-state index >= 15 is 0 Å². The van der Waals surface area contributed by atoms with Crippen LogP contribution in [-0.2, 0) is 16.1 Å². The Hall–Kier alpha value is -3.99. The van der Waals surface area contributed by atoms with Crippen molar-refractivity contribution >= 4 is 33.4 Å². The molecule has 1 unspecified atom stereocenters. The number of halogens is 1. The molecule has 3 heterocycles. The lowest BCUT2D eigenvalue weighted by atomic mass is 9.94. The van der Waals surface area contributed by atoms with E-state index in [0.717, 1.165) is 0 Å². The number of hydrogen-bond acceptors (Lipinski definition) is 8. The monoisotopic (exact) mass is 569 g/mol. The maximum atomic E-state index is 13.3. The number of carbonyl (C=O) groups excluding carboxylic acids is 2. The fourth-order valence-corrected chi connectivity index (χ4v) is 5.01. The molecule has 1 aromatic heterocycles. The molecule has 0 aliphatic carbocycles. The van der Waals surface area contributed by atoms with Crippen LogP contribution in [0.15, 0.2) is 59.1 Å². The Labute approximate surface area is 220 Å². The van der Waals surface area contributed by atoms with Crippen molar-refractivity contribution in [2.75, 3.05) is 26.9 Å². The van der Waals surface area contributed by atoms with E-state index in [1.165, 1.54) is 12.0 Å². The van der Waals surface area contributed by atoms with Crippen LogP contribution in [0.1, 0.15) is 23.6 Å². The van der Waals surface area contributed by atoms with E-state index in [1.54, 1.807) is 42.9 Å². The maximum Gasteiger partial charge on any atom is 0.295 e. The van der Waals surface area contributed by atoms with Gasteiger partial charge < -0.3 is 33.9 Å². The number of imidazole rings is 1. The fraction of sp³-hybridized carbons (Fsp3) is 0.269. The van der Waals surface area contributed by atoms with Crippen molar-refractivity contribution in [2.45, 2.75) is 19.0 Å². The number of carbonyl (C=O) groups is 2. The Balaban J connectivity index is 1.59. The zero-order valence-electron chi connectivity index (χ0n) is 19.9. The van der Waals surface area contributed by atoms with E-state index in [-0.39, 0.29) is 29.4 Å². The second kappa shape index (κ2) is 10.2. The highest BCUT2D eigenvalue weighted by molar-refractivity contribution is 9.10. The smallest absolute Gasteiger partial charge is 0.295 e. The number of phenolic OH excluding ortho intramolecular Hbond substituents is 1. The average Bonchev–Trinajstić information content (AvgIpc) is 3.52. The van der Waals surface area contributed by atoms with Crippen LogP contribution in [0, 0.1) is 0 Å². The Morgan fingerprint density at radius 1 is 1.16 bits per heavy atom. The summed E-state index contributed by atoms with van der Waals surface area (Å²) < 4.78 is 18.7. The van der Waals surface area contributed by atoms with Crippen molar-refractivity contribution in [3.05, 3.63) is 70.2 Å². The molecule has 0 spiro atoms. The van der Waals surface area contributed by atoms with E-state index in [1.807, 2.05) is 10.8 Å². The molecule has 1 amide bonds. The lowest BCUT2D eigenvalue weighted by Gasteiger charge is -2.26. The molecule has 1 fully saturated rings. The number of amides is 1. The first-order valence-electron chi connectivity index (χ1n) is 11.6. The number of hydrogen-bond donors (Lipinski definition) is 2. The number of Topliss-reactive ketones (excluding diaryl/α,β-unsaturated/α-hetero) is 1. The van der Waals surface area contributed by atoms with E-state index in [4.69, 9.17) is 14.2 Å². The van der Waals surface area contributed by atoms with Crippen LogP contribution in [-0.4, -0.2) is 63.2 Å². The van der Waals surface area contributed by atoms with Crippen molar-refractivity contribution in [3.8, 4) is 23.0 Å². The number of phenols is 1. The highest BCUT2D eigenvalue weighted by Gasteiger charge is 2.46. The molecule has 3 aromatic rings. The van der Waals surface area contributed by atoms with E-state index in [0.29, 0.717) is 53.3 Å². The van der Waals surface area contributed by atoms with Gasteiger partial charge in [0.15, 0.2) is 23.0 Å². The predicted molar refractivity (Wildman–Crippen MR) is 136 cm³/mol. The predicted octanol–water partition coefficient (Wildman–Crippen LogP) is 3.64. The molecule has 5 rings (SSSR count). The summed E-state index contributed by atoms with van der Waals surface area (Å²) in [6.45, 7) is 1.60. The van der Waals surface area contributed by atoms with Gasteiger partial charge in [0.05, 0.1) is 29.5 Å². The largest absolute Gasteiger partial charge is 0.507 e. The number of aromatic nitrogens is 2. The third kappa shape index (κ3) is 4.62. The molecule has 0 bridgehead atoms. The van der Waals surface area contributed by atoms with Gasteiger partial charge in [0, 0.05) is 31.0 Å². The summed E-state index contributed by atoms with van der Waals surface area (Å²) in [5.41, 5.74) is 0.738. The lowest BCUT2D eigenvalue weighted by molar-refractivity contribution is -0.139. The molecule has 0 saturated carbocycles. The molecule has 1 atom stereocenters. The summed E-state index contributed by atoms with van der Waals surface area (Å²) in [6, 6.07) is 7.09.